The summed E-state index contributed by atoms with van der Waals surface area (Å²) < 4.78 is 37.3. The first-order chi connectivity index (χ1) is 14.3. The molecular formula is C21H24N2O5S2. The SMILES string of the molecule is CCOCCn1c(=NC(=O)c2ccc(OCC)cc2)sc2cc(S(C)(=O)=O)ccc21. The Morgan fingerprint density at radius 1 is 1.10 bits per heavy atom. The summed E-state index contributed by atoms with van der Waals surface area (Å²) in [7, 11) is -3.33. The maximum Gasteiger partial charge on any atom is 0.279 e. The molecule has 0 saturated heterocycles. The summed E-state index contributed by atoms with van der Waals surface area (Å²) in [6, 6.07) is 11.8. The van der Waals surface area contributed by atoms with Crippen LogP contribution in [-0.2, 0) is 21.1 Å². The Balaban J connectivity index is 2.05. The van der Waals surface area contributed by atoms with Crippen molar-refractivity contribution in [3.63, 3.8) is 0 Å². The second-order valence-corrected chi connectivity index (χ2v) is 9.53. The first kappa shape index (κ1) is 22.2. The summed E-state index contributed by atoms with van der Waals surface area (Å²) in [6.45, 7) is 5.90. The standard InChI is InChI=1S/C21H24N2O5S2/c1-4-27-13-12-23-18-11-10-17(30(3,25)26)14-19(18)29-21(23)22-20(24)15-6-8-16(9-7-15)28-5-2/h6-11,14H,4-5,12-13H2,1-3H3. The minimum atomic E-state index is -3.33. The van der Waals surface area contributed by atoms with Gasteiger partial charge in [0, 0.05) is 25.0 Å². The van der Waals surface area contributed by atoms with E-state index >= 15 is 0 Å². The van der Waals surface area contributed by atoms with Gasteiger partial charge in [0.25, 0.3) is 5.91 Å². The molecule has 0 spiro atoms. The summed E-state index contributed by atoms with van der Waals surface area (Å²) in [5.74, 6) is 0.314. The number of thiazole rings is 1. The highest BCUT2D eigenvalue weighted by atomic mass is 32.2. The molecule has 7 nitrogen and oxygen atoms in total. The summed E-state index contributed by atoms with van der Waals surface area (Å²) in [5.41, 5.74) is 1.26. The Morgan fingerprint density at radius 2 is 1.83 bits per heavy atom. The van der Waals surface area contributed by atoms with Crippen LogP contribution in [-0.4, -0.2) is 45.0 Å². The van der Waals surface area contributed by atoms with Gasteiger partial charge in [-0.25, -0.2) is 8.42 Å². The van der Waals surface area contributed by atoms with E-state index in [-0.39, 0.29) is 10.8 Å². The predicted molar refractivity (Wildman–Crippen MR) is 117 cm³/mol. The molecule has 0 atom stereocenters. The minimum absolute atomic E-state index is 0.234. The van der Waals surface area contributed by atoms with E-state index in [4.69, 9.17) is 9.47 Å². The molecule has 2 aromatic carbocycles. The Kier molecular flexibility index (Phi) is 7.06. The highest BCUT2D eigenvalue weighted by Gasteiger charge is 2.13. The van der Waals surface area contributed by atoms with Gasteiger partial charge in [0.1, 0.15) is 5.75 Å². The number of nitrogens with zero attached hydrogens (tertiary/aromatic N) is 2. The lowest BCUT2D eigenvalue weighted by molar-refractivity contribution is 0.0996. The molecule has 1 heterocycles. The van der Waals surface area contributed by atoms with Crippen LogP contribution in [0.4, 0.5) is 0 Å². The quantitative estimate of drug-likeness (QED) is 0.494. The van der Waals surface area contributed by atoms with Crippen molar-refractivity contribution in [2.75, 3.05) is 26.1 Å². The van der Waals surface area contributed by atoms with Crippen molar-refractivity contribution < 1.29 is 22.7 Å². The van der Waals surface area contributed by atoms with Crippen LogP contribution in [0.1, 0.15) is 24.2 Å². The highest BCUT2D eigenvalue weighted by molar-refractivity contribution is 7.90. The molecule has 1 amide bonds. The van der Waals surface area contributed by atoms with Gasteiger partial charge in [-0.15, -0.1) is 0 Å². The maximum atomic E-state index is 12.7. The molecule has 0 aliphatic carbocycles. The molecule has 0 aliphatic heterocycles. The summed E-state index contributed by atoms with van der Waals surface area (Å²) >= 11 is 1.28. The molecule has 0 saturated carbocycles. The van der Waals surface area contributed by atoms with E-state index in [1.54, 1.807) is 42.5 Å². The average Bonchev–Trinajstić information content (AvgIpc) is 3.04. The van der Waals surface area contributed by atoms with E-state index in [1.165, 1.54) is 17.6 Å². The van der Waals surface area contributed by atoms with E-state index in [2.05, 4.69) is 4.99 Å². The van der Waals surface area contributed by atoms with Crippen molar-refractivity contribution in [2.45, 2.75) is 25.3 Å². The molecule has 0 bridgehead atoms. The normalized spacial score (nSPS) is 12.4. The van der Waals surface area contributed by atoms with Crippen molar-refractivity contribution in [1.29, 1.82) is 0 Å². The third kappa shape index (κ3) is 5.16. The van der Waals surface area contributed by atoms with Gasteiger partial charge in [0.2, 0.25) is 0 Å². The molecule has 0 unspecified atom stereocenters. The van der Waals surface area contributed by atoms with Gasteiger partial charge in [0.05, 0.1) is 28.3 Å². The molecule has 30 heavy (non-hydrogen) atoms. The van der Waals surface area contributed by atoms with Crippen LogP contribution in [0.15, 0.2) is 52.4 Å². The zero-order chi connectivity index (χ0) is 21.7. The lowest BCUT2D eigenvalue weighted by Gasteiger charge is -2.06. The molecule has 0 radical (unpaired) electrons. The van der Waals surface area contributed by atoms with Crippen LogP contribution < -0.4 is 9.54 Å². The molecule has 1 aromatic heterocycles. The van der Waals surface area contributed by atoms with Crippen LogP contribution in [0.5, 0.6) is 5.75 Å². The molecule has 3 rings (SSSR count). The minimum Gasteiger partial charge on any atom is -0.494 e. The molecule has 0 N–H and O–H groups in total. The van der Waals surface area contributed by atoms with Crippen LogP contribution in [0.25, 0.3) is 10.2 Å². The van der Waals surface area contributed by atoms with Gasteiger partial charge in [0.15, 0.2) is 14.6 Å². The fourth-order valence-corrected chi connectivity index (χ4v) is 4.71. The summed E-state index contributed by atoms with van der Waals surface area (Å²) in [5, 5.41) is 0. The molecular weight excluding hydrogens is 424 g/mol. The number of carbonyl (C=O) groups excluding carboxylic acids is 1. The predicted octanol–water partition coefficient (Wildman–Crippen LogP) is 3.28. The summed E-state index contributed by atoms with van der Waals surface area (Å²) in [6.07, 6.45) is 1.17. The first-order valence-corrected chi connectivity index (χ1v) is 12.3. The zero-order valence-electron chi connectivity index (χ0n) is 17.1. The smallest absolute Gasteiger partial charge is 0.279 e. The third-order valence-corrected chi connectivity index (χ3v) is 6.51. The van der Waals surface area contributed by atoms with Gasteiger partial charge in [-0.3, -0.25) is 4.79 Å². The number of aromatic nitrogens is 1. The average molecular weight is 449 g/mol. The molecule has 0 aliphatic rings. The van der Waals surface area contributed by atoms with Crippen molar-refractivity contribution in [3.05, 3.63) is 52.8 Å². The van der Waals surface area contributed by atoms with Gasteiger partial charge in [-0.2, -0.15) is 4.99 Å². The number of hydrogen-bond acceptors (Lipinski definition) is 6. The second kappa shape index (κ2) is 9.55. The van der Waals surface area contributed by atoms with Crippen molar-refractivity contribution in [1.82, 2.24) is 4.57 Å². The number of hydrogen-bond donors (Lipinski definition) is 0. The monoisotopic (exact) mass is 448 g/mol. The summed E-state index contributed by atoms with van der Waals surface area (Å²) in [4.78, 5) is 17.8. The number of carbonyl (C=O) groups is 1. The van der Waals surface area contributed by atoms with E-state index in [0.29, 0.717) is 42.5 Å². The molecule has 3 aromatic rings. The van der Waals surface area contributed by atoms with Gasteiger partial charge >= 0.3 is 0 Å². The lowest BCUT2D eigenvalue weighted by atomic mass is 10.2. The highest BCUT2D eigenvalue weighted by Crippen LogP contribution is 2.22. The number of fused-ring (bicyclic) bond motifs is 1. The third-order valence-electron chi connectivity index (χ3n) is 4.36. The maximum absolute atomic E-state index is 12.7. The molecule has 9 heteroatoms. The Bertz CT molecular complexity index is 1210. The van der Waals surface area contributed by atoms with Crippen LogP contribution in [0.2, 0.25) is 0 Å². The largest absolute Gasteiger partial charge is 0.494 e. The van der Waals surface area contributed by atoms with E-state index in [9.17, 15) is 13.2 Å². The first-order valence-electron chi connectivity index (χ1n) is 9.56. The number of sulfone groups is 1. The van der Waals surface area contributed by atoms with Crippen molar-refractivity contribution in [2.24, 2.45) is 4.99 Å². The molecule has 160 valence electrons. The van der Waals surface area contributed by atoms with Gasteiger partial charge < -0.3 is 14.0 Å². The number of rotatable bonds is 8. The zero-order valence-corrected chi connectivity index (χ0v) is 18.8. The number of benzene rings is 2. The van der Waals surface area contributed by atoms with Crippen LogP contribution >= 0.6 is 11.3 Å². The Hall–Kier alpha value is -2.49. The topological polar surface area (TPSA) is 87.0 Å². The van der Waals surface area contributed by atoms with Crippen molar-refractivity contribution in [3.8, 4) is 5.75 Å². The number of ether oxygens (including phenoxy) is 2. The van der Waals surface area contributed by atoms with E-state index in [1.807, 2.05) is 18.4 Å². The second-order valence-electron chi connectivity index (χ2n) is 6.51. The Morgan fingerprint density at radius 3 is 2.47 bits per heavy atom. The fraction of sp³-hybridized carbons (Fsp3) is 0.333. The number of amides is 1. The Labute approximate surface area is 179 Å². The van der Waals surface area contributed by atoms with Gasteiger partial charge in [-0.05, 0) is 56.3 Å². The molecule has 0 fully saturated rings. The fourth-order valence-electron chi connectivity index (χ4n) is 2.90. The van der Waals surface area contributed by atoms with Gasteiger partial charge in [-0.1, -0.05) is 11.3 Å². The van der Waals surface area contributed by atoms with E-state index < -0.39 is 9.84 Å². The lowest BCUT2D eigenvalue weighted by Crippen LogP contribution is -2.19. The van der Waals surface area contributed by atoms with Crippen molar-refractivity contribution >= 4 is 37.3 Å². The van der Waals surface area contributed by atoms with E-state index in [0.717, 1.165) is 10.2 Å². The van der Waals surface area contributed by atoms with Crippen LogP contribution in [0, 0.1) is 0 Å². The van der Waals surface area contributed by atoms with Crippen LogP contribution in [0.3, 0.4) is 0 Å².